The van der Waals surface area contributed by atoms with Crippen LogP contribution in [0, 0.1) is 5.82 Å². The third-order valence-electron chi connectivity index (χ3n) is 3.61. The fourth-order valence-electron chi connectivity index (χ4n) is 2.69. The van der Waals surface area contributed by atoms with Crippen molar-refractivity contribution in [3.8, 4) is 0 Å². The van der Waals surface area contributed by atoms with Gasteiger partial charge in [-0.2, -0.15) is 0 Å². The Balaban J connectivity index is 1.94. The fraction of sp³-hybridized carbons (Fsp3) is 0.267. The highest BCUT2D eigenvalue weighted by Gasteiger charge is 2.23. The number of carboxylic acid groups (broad SMARTS) is 1. The predicted molar refractivity (Wildman–Crippen MR) is 77.0 cm³/mol. The number of carboxylic acids is 1. The van der Waals surface area contributed by atoms with Gasteiger partial charge in [0, 0.05) is 4.88 Å². The maximum atomic E-state index is 13.7. The van der Waals surface area contributed by atoms with Crippen molar-refractivity contribution in [2.24, 2.45) is 0 Å². The molecule has 1 atom stereocenters. The van der Waals surface area contributed by atoms with Crippen LogP contribution < -0.4 is 5.32 Å². The molecule has 1 aromatic carbocycles. The third-order valence-corrected chi connectivity index (χ3v) is 4.61. The van der Waals surface area contributed by atoms with E-state index in [-0.39, 0.29) is 11.6 Å². The van der Waals surface area contributed by atoms with Gasteiger partial charge in [0.05, 0.1) is 11.7 Å². The van der Waals surface area contributed by atoms with E-state index in [1.54, 1.807) is 17.4 Å². The second kappa shape index (κ2) is 5.25. The number of benzene rings is 1. The van der Waals surface area contributed by atoms with Crippen molar-refractivity contribution in [2.45, 2.75) is 25.3 Å². The standard InChI is InChI=1S/C15H14FNO2S/c16-10-3-1-5-12(14(10)15(18)19)17-11-4-2-6-13-9(11)7-8-20-13/h1,3,5,7-8,11,17H,2,4,6H2,(H,18,19). The molecule has 2 aromatic rings. The zero-order valence-corrected chi connectivity index (χ0v) is 11.5. The van der Waals surface area contributed by atoms with Crippen molar-refractivity contribution in [3.63, 3.8) is 0 Å². The zero-order valence-electron chi connectivity index (χ0n) is 10.7. The van der Waals surface area contributed by atoms with Crippen LogP contribution in [-0.2, 0) is 6.42 Å². The Morgan fingerprint density at radius 2 is 2.25 bits per heavy atom. The number of nitrogens with one attached hydrogen (secondary N) is 1. The topological polar surface area (TPSA) is 49.3 Å². The molecular formula is C15H14FNO2S. The second-order valence-electron chi connectivity index (χ2n) is 4.86. The number of carbonyl (C=O) groups is 1. The number of aryl methyl sites for hydroxylation is 1. The molecule has 104 valence electrons. The molecule has 0 fully saturated rings. The van der Waals surface area contributed by atoms with Crippen LogP contribution in [-0.4, -0.2) is 11.1 Å². The maximum Gasteiger partial charge on any atom is 0.340 e. The van der Waals surface area contributed by atoms with Gasteiger partial charge in [-0.3, -0.25) is 0 Å². The fourth-order valence-corrected chi connectivity index (χ4v) is 3.67. The molecule has 0 bridgehead atoms. The van der Waals surface area contributed by atoms with Gasteiger partial charge in [0.15, 0.2) is 0 Å². The van der Waals surface area contributed by atoms with E-state index in [2.05, 4.69) is 11.4 Å². The van der Waals surface area contributed by atoms with Crippen LogP contribution in [0.1, 0.15) is 39.7 Å². The molecule has 1 aliphatic carbocycles. The lowest BCUT2D eigenvalue weighted by Gasteiger charge is -2.25. The van der Waals surface area contributed by atoms with Crippen LogP contribution in [0.3, 0.4) is 0 Å². The van der Waals surface area contributed by atoms with E-state index >= 15 is 0 Å². The van der Waals surface area contributed by atoms with Gasteiger partial charge in [-0.25, -0.2) is 9.18 Å². The molecule has 0 saturated carbocycles. The minimum Gasteiger partial charge on any atom is -0.478 e. The van der Waals surface area contributed by atoms with Gasteiger partial charge in [0.25, 0.3) is 0 Å². The number of anilines is 1. The van der Waals surface area contributed by atoms with Crippen LogP contribution in [0.15, 0.2) is 29.6 Å². The lowest BCUT2D eigenvalue weighted by Crippen LogP contribution is -2.18. The Hall–Kier alpha value is -1.88. The van der Waals surface area contributed by atoms with E-state index in [9.17, 15) is 9.18 Å². The van der Waals surface area contributed by atoms with E-state index in [1.807, 2.05) is 5.38 Å². The lowest BCUT2D eigenvalue weighted by atomic mass is 9.93. The summed E-state index contributed by atoms with van der Waals surface area (Å²) in [6.45, 7) is 0. The van der Waals surface area contributed by atoms with E-state index in [0.717, 1.165) is 19.3 Å². The summed E-state index contributed by atoms with van der Waals surface area (Å²) in [4.78, 5) is 12.5. The van der Waals surface area contributed by atoms with Crippen LogP contribution in [0.2, 0.25) is 0 Å². The summed E-state index contributed by atoms with van der Waals surface area (Å²) in [5, 5.41) is 14.4. The SMILES string of the molecule is O=C(O)c1c(F)cccc1NC1CCCc2sccc21. The molecule has 1 aliphatic rings. The molecule has 0 radical (unpaired) electrons. The Morgan fingerprint density at radius 3 is 3.05 bits per heavy atom. The summed E-state index contributed by atoms with van der Waals surface area (Å²) in [6, 6.07) is 6.45. The average molecular weight is 291 g/mol. The molecule has 20 heavy (non-hydrogen) atoms. The molecule has 0 spiro atoms. The lowest BCUT2D eigenvalue weighted by molar-refractivity contribution is 0.0693. The first kappa shape index (κ1) is 13.1. The number of hydrogen-bond donors (Lipinski definition) is 2. The first-order valence-electron chi connectivity index (χ1n) is 6.51. The minimum absolute atomic E-state index is 0.0601. The highest BCUT2D eigenvalue weighted by Crippen LogP contribution is 2.36. The molecule has 0 amide bonds. The molecule has 1 heterocycles. The molecule has 0 aliphatic heterocycles. The van der Waals surface area contributed by atoms with E-state index in [1.165, 1.54) is 22.6 Å². The van der Waals surface area contributed by atoms with Crippen molar-refractivity contribution in [3.05, 3.63) is 51.5 Å². The highest BCUT2D eigenvalue weighted by atomic mass is 32.1. The smallest absolute Gasteiger partial charge is 0.340 e. The molecule has 2 N–H and O–H groups in total. The number of thiophene rings is 1. The Bertz CT molecular complexity index is 653. The van der Waals surface area contributed by atoms with Crippen molar-refractivity contribution < 1.29 is 14.3 Å². The molecule has 3 nitrogen and oxygen atoms in total. The summed E-state index contributed by atoms with van der Waals surface area (Å²) in [7, 11) is 0. The average Bonchev–Trinajstić information content (AvgIpc) is 2.87. The van der Waals surface area contributed by atoms with Crippen LogP contribution in [0.25, 0.3) is 0 Å². The van der Waals surface area contributed by atoms with Crippen LogP contribution in [0.4, 0.5) is 10.1 Å². The Morgan fingerprint density at radius 1 is 1.40 bits per heavy atom. The monoisotopic (exact) mass is 291 g/mol. The molecule has 3 rings (SSSR count). The summed E-state index contributed by atoms with van der Waals surface area (Å²) in [5.74, 6) is -1.95. The van der Waals surface area contributed by atoms with Gasteiger partial charge in [-0.15, -0.1) is 11.3 Å². The third kappa shape index (κ3) is 2.29. The molecule has 0 saturated heterocycles. The minimum atomic E-state index is -1.24. The van der Waals surface area contributed by atoms with Crippen LogP contribution >= 0.6 is 11.3 Å². The van der Waals surface area contributed by atoms with Gasteiger partial charge < -0.3 is 10.4 Å². The molecule has 5 heteroatoms. The van der Waals surface area contributed by atoms with Crippen molar-refractivity contribution in [1.29, 1.82) is 0 Å². The summed E-state index contributed by atoms with van der Waals surface area (Å²) in [6.07, 6.45) is 3.06. The van der Waals surface area contributed by atoms with Crippen molar-refractivity contribution >= 4 is 23.0 Å². The van der Waals surface area contributed by atoms with Crippen molar-refractivity contribution in [1.82, 2.24) is 0 Å². The summed E-state index contributed by atoms with van der Waals surface area (Å²) < 4.78 is 13.7. The number of fused-ring (bicyclic) bond motifs is 1. The number of aromatic carboxylic acids is 1. The largest absolute Gasteiger partial charge is 0.478 e. The van der Waals surface area contributed by atoms with E-state index in [0.29, 0.717) is 5.69 Å². The number of halogens is 1. The van der Waals surface area contributed by atoms with Crippen LogP contribution in [0.5, 0.6) is 0 Å². The molecular weight excluding hydrogens is 277 g/mol. The normalized spacial score (nSPS) is 17.6. The van der Waals surface area contributed by atoms with Gasteiger partial charge in [-0.05, 0) is 48.4 Å². The first-order valence-corrected chi connectivity index (χ1v) is 7.39. The van der Waals surface area contributed by atoms with Gasteiger partial charge in [0.1, 0.15) is 11.4 Å². The van der Waals surface area contributed by atoms with E-state index in [4.69, 9.17) is 5.11 Å². The maximum absolute atomic E-state index is 13.7. The second-order valence-corrected chi connectivity index (χ2v) is 5.86. The number of rotatable bonds is 3. The summed E-state index contributed by atoms with van der Waals surface area (Å²) in [5.41, 5.74) is 1.28. The van der Waals surface area contributed by atoms with Crippen molar-refractivity contribution in [2.75, 3.05) is 5.32 Å². The quantitative estimate of drug-likeness (QED) is 0.896. The molecule has 1 aromatic heterocycles. The van der Waals surface area contributed by atoms with Gasteiger partial charge >= 0.3 is 5.97 Å². The predicted octanol–water partition coefficient (Wildman–Crippen LogP) is 4.07. The Labute approximate surface area is 120 Å². The van der Waals surface area contributed by atoms with E-state index < -0.39 is 11.8 Å². The summed E-state index contributed by atoms with van der Waals surface area (Å²) >= 11 is 1.72. The Kier molecular flexibility index (Phi) is 3.44. The first-order chi connectivity index (χ1) is 9.66. The number of hydrogen-bond acceptors (Lipinski definition) is 3. The molecule has 1 unspecified atom stereocenters. The van der Waals surface area contributed by atoms with Gasteiger partial charge in [-0.1, -0.05) is 6.07 Å². The zero-order chi connectivity index (χ0) is 14.1. The van der Waals surface area contributed by atoms with Gasteiger partial charge in [0.2, 0.25) is 0 Å². The highest BCUT2D eigenvalue weighted by molar-refractivity contribution is 7.10.